The highest BCUT2D eigenvalue weighted by Crippen LogP contribution is 2.33. The number of nitrogens with zero attached hydrogens (tertiary/aromatic N) is 4. The first-order valence-electron chi connectivity index (χ1n) is 12.5. The highest BCUT2D eigenvalue weighted by molar-refractivity contribution is 6.02. The van der Waals surface area contributed by atoms with Crippen LogP contribution in [0.5, 0.6) is 0 Å². The van der Waals surface area contributed by atoms with Gasteiger partial charge in [-0.2, -0.15) is 0 Å². The Hall–Kier alpha value is -3.75. The van der Waals surface area contributed by atoms with E-state index in [9.17, 15) is 9.59 Å². The largest absolute Gasteiger partial charge is 0.444 e. The summed E-state index contributed by atoms with van der Waals surface area (Å²) >= 11 is 0. The molecule has 0 radical (unpaired) electrons. The summed E-state index contributed by atoms with van der Waals surface area (Å²) in [5.74, 6) is 0.346. The zero-order valence-corrected chi connectivity index (χ0v) is 23.2. The van der Waals surface area contributed by atoms with E-state index in [-0.39, 0.29) is 6.04 Å². The van der Waals surface area contributed by atoms with Gasteiger partial charge in [-0.3, -0.25) is 15.2 Å². The number of aryl methyl sites for hydroxylation is 1. The fourth-order valence-corrected chi connectivity index (χ4v) is 3.80. The Morgan fingerprint density at radius 1 is 1.00 bits per heavy atom. The zero-order chi connectivity index (χ0) is 27.5. The molecule has 0 fully saturated rings. The lowest BCUT2D eigenvalue weighted by atomic mass is 9.98. The average Bonchev–Trinajstić information content (AvgIpc) is 2.76. The number of nitrogens with one attached hydrogen (secondary N) is 1. The van der Waals surface area contributed by atoms with Gasteiger partial charge in [-0.05, 0) is 97.2 Å². The van der Waals surface area contributed by atoms with Crippen LogP contribution < -0.4 is 10.2 Å². The van der Waals surface area contributed by atoms with Crippen LogP contribution in [-0.4, -0.2) is 44.6 Å². The number of benzene rings is 1. The molecule has 2 heterocycles. The summed E-state index contributed by atoms with van der Waals surface area (Å²) in [4.78, 5) is 31.4. The van der Waals surface area contributed by atoms with Crippen LogP contribution in [-0.2, 0) is 15.9 Å². The summed E-state index contributed by atoms with van der Waals surface area (Å²) in [5.41, 5.74) is 2.47. The van der Waals surface area contributed by atoms with E-state index in [0.717, 1.165) is 23.1 Å². The van der Waals surface area contributed by atoms with E-state index in [1.807, 2.05) is 52.8 Å². The number of ether oxygens (including phenoxy) is 2. The van der Waals surface area contributed by atoms with Gasteiger partial charge < -0.3 is 9.47 Å². The average molecular weight is 508 g/mol. The van der Waals surface area contributed by atoms with Gasteiger partial charge in [0.25, 0.3) is 0 Å². The van der Waals surface area contributed by atoms with Crippen LogP contribution in [0, 0.1) is 0 Å². The van der Waals surface area contributed by atoms with Crippen molar-refractivity contribution < 1.29 is 19.1 Å². The molecule has 0 saturated carbocycles. The minimum Gasteiger partial charge on any atom is -0.444 e. The Morgan fingerprint density at radius 2 is 1.68 bits per heavy atom. The maximum absolute atomic E-state index is 13.0. The maximum atomic E-state index is 13.0. The summed E-state index contributed by atoms with van der Waals surface area (Å²) in [6, 6.07) is 7.31. The predicted octanol–water partition coefficient (Wildman–Crippen LogP) is 6.75. The Morgan fingerprint density at radius 3 is 2.27 bits per heavy atom. The van der Waals surface area contributed by atoms with Gasteiger partial charge in [0.2, 0.25) is 0 Å². The highest BCUT2D eigenvalue weighted by Gasteiger charge is 2.27. The van der Waals surface area contributed by atoms with Crippen LogP contribution in [0.4, 0.5) is 21.1 Å². The fraction of sp³-hybridized carbons (Fsp3) is 0.464. The molecule has 9 nitrogen and oxygen atoms in total. The van der Waals surface area contributed by atoms with Crippen molar-refractivity contribution in [3.8, 4) is 11.1 Å². The number of amides is 2. The quantitative estimate of drug-likeness (QED) is 0.407. The second kappa shape index (κ2) is 10.7. The molecule has 0 spiro atoms. The number of carbonyl (C=O) groups excluding carboxylic acids is 2. The lowest BCUT2D eigenvalue weighted by Crippen LogP contribution is -2.41. The molecule has 1 aromatic carbocycles. The predicted molar refractivity (Wildman–Crippen MR) is 146 cm³/mol. The Labute approximate surface area is 218 Å². The van der Waals surface area contributed by atoms with Gasteiger partial charge in [-0.25, -0.2) is 9.59 Å². The summed E-state index contributed by atoms with van der Waals surface area (Å²) < 4.78 is 11.1. The lowest BCUT2D eigenvalue weighted by Gasteiger charge is -2.29. The summed E-state index contributed by atoms with van der Waals surface area (Å²) in [6.45, 7) is 16.7. The van der Waals surface area contributed by atoms with Crippen molar-refractivity contribution >= 4 is 34.6 Å². The molecular weight excluding hydrogens is 470 g/mol. The van der Waals surface area contributed by atoms with Gasteiger partial charge in [0.15, 0.2) is 5.82 Å². The number of hydrogen-bond acceptors (Lipinski definition) is 7. The molecule has 0 aliphatic carbocycles. The van der Waals surface area contributed by atoms with Gasteiger partial charge in [0.1, 0.15) is 16.7 Å². The number of rotatable bonds is 5. The smallest absolute Gasteiger partial charge is 0.416 e. The topological polar surface area (TPSA) is 107 Å². The minimum atomic E-state index is -0.666. The van der Waals surface area contributed by atoms with Crippen LogP contribution in [0.3, 0.4) is 0 Å². The molecule has 0 aliphatic heterocycles. The molecule has 0 saturated heterocycles. The normalized spacial score (nSPS) is 11.9. The van der Waals surface area contributed by atoms with Gasteiger partial charge >= 0.3 is 12.2 Å². The van der Waals surface area contributed by atoms with Gasteiger partial charge in [0.05, 0.1) is 5.69 Å². The van der Waals surface area contributed by atoms with E-state index < -0.39 is 23.4 Å². The molecule has 2 amide bonds. The number of anilines is 2. The van der Waals surface area contributed by atoms with E-state index in [1.54, 1.807) is 39.2 Å². The Kier molecular flexibility index (Phi) is 8.05. The van der Waals surface area contributed by atoms with Gasteiger partial charge in [0, 0.05) is 29.4 Å². The first-order valence-corrected chi connectivity index (χ1v) is 12.5. The van der Waals surface area contributed by atoms with Crippen molar-refractivity contribution in [3.63, 3.8) is 0 Å². The van der Waals surface area contributed by atoms with Crippen LogP contribution in [0.15, 0.2) is 36.7 Å². The third-order valence-corrected chi connectivity index (χ3v) is 5.27. The van der Waals surface area contributed by atoms with Crippen LogP contribution >= 0.6 is 0 Å². The molecule has 0 atom stereocenters. The van der Waals surface area contributed by atoms with Crippen molar-refractivity contribution in [2.45, 2.75) is 86.0 Å². The van der Waals surface area contributed by atoms with Crippen molar-refractivity contribution in [1.29, 1.82) is 0 Å². The summed E-state index contributed by atoms with van der Waals surface area (Å²) in [5, 5.41) is 12.2. The number of aromatic nitrogens is 3. The van der Waals surface area contributed by atoms with E-state index in [1.165, 1.54) is 4.90 Å². The molecule has 0 aliphatic rings. The van der Waals surface area contributed by atoms with Crippen molar-refractivity contribution in [3.05, 3.63) is 42.2 Å². The molecule has 9 heteroatoms. The number of pyridine rings is 1. The number of fused-ring (bicyclic) bond motifs is 1. The lowest BCUT2D eigenvalue weighted by molar-refractivity contribution is 0.0567. The summed E-state index contributed by atoms with van der Waals surface area (Å²) in [7, 11) is 0. The molecule has 3 aromatic rings. The standard InChI is InChI=1S/C28H37N5O4/c1-10-18-11-12-29-16-21(18)19-13-20-15-23(33(17(2)3)26(35)37-28(7,8)9)31-32-24(20)22(14-19)30-25(34)36-27(4,5)6/h11-17H,10H2,1-9H3,(H,30,34). The highest BCUT2D eigenvalue weighted by atomic mass is 16.6. The first-order chi connectivity index (χ1) is 17.2. The third kappa shape index (κ3) is 7.15. The van der Waals surface area contributed by atoms with Gasteiger partial charge in [-0.1, -0.05) is 6.92 Å². The maximum Gasteiger partial charge on any atom is 0.416 e. The molecule has 1 N–H and O–H groups in total. The van der Waals surface area contributed by atoms with Crippen LogP contribution in [0.1, 0.15) is 67.9 Å². The second-order valence-corrected chi connectivity index (χ2v) is 11.1. The number of carbonyl (C=O) groups is 2. The van der Waals surface area contributed by atoms with Crippen molar-refractivity contribution in [2.75, 3.05) is 10.2 Å². The molecule has 198 valence electrons. The van der Waals surface area contributed by atoms with E-state index in [2.05, 4.69) is 27.4 Å². The minimum absolute atomic E-state index is 0.228. The Balaban J connectivity index is 2.18. The molecule has 37 heavy (non-hydrogen) atoms. The van der Waals surface area contributed by atoms with E-state index >= 15 is 0 Å². The third-order valence-electron chi connectivity index (χ3n) is 5.27. The molecular formula is C28H37N5O4. The van der Waals surface area contributed by atoms with Gasteiger partial charge in [-0.15, -0.1) is 10.2 Å². The monoisotopic (exact) mass is 507 g/mol. The van der Waals surface area contributed by atoms with E-state index in [4.69, 9.17) is 9.47 Å². The fourth-order valence-electron chi connectivity index (χ4n) is 3.80. The molecule has 2 aromatic heterocycles. The van der Waals surface area contributed by atoms with Crippen molar-refractivity contribution in [2.24, 2.45) is 0 Å². The number of hydrogen-bond donors (Lipinski definition) is 1. The van der Waals surface area contributed by atoms with E-state index in [0.29, 0.717) is 22.4 Å². The Bertz CT molecular complexity index is 1290. The van der Waals surface area contributed by atoms with Crippen LogP contribution in [0.2, 0.25) is 0 Å². The molecule has 3 rings (SSSR count). The SMILES string of the molecule is CCc1ccncc1-c1cc(NC(=O)OC(C)(C)C)c2nnc(N(C(=O)OC(C)(C)C)C(C)C)cc2c1. The van der Waals surface area contributed by atoms with Crippen molar-refractivity contribution in [1.82, 2.24) is 15.2 Å². The zero-order valence-electron chi connectivity index (χ0n) is 23.2. The second-order valence-electron chi connectivity index (χ2n) is 11.1. The summed E-state index contributed by atoms with van der Waals surface area (Å²) in [6.07, 6.45) is 3.25. The first kappa shape index (κ1) is 27.8. The van der Waals surface area contributed by atoms with Crippen LogP contribution in [0.25, 0.3) is 22.0 Å². The molecule has 0 bridgehead atoms. The molecule has 0 unspecified atom stereocenters.